The van der Waals surface area contributed by atoms with Crippen molar-refractivity contribution in [1.29, 1.82) is 0 Å². The summed E-state index contributed by atoms with van der Waals surface area (Å²) in [7, 11) is 1.43. The second kappa shape index (κ2) is 5.82. The lowest BCUT2D eigenvalue weighted by atomic mass is 9.97. The number of ether oxygens (including phenoxy) is 1. The van der Waals surface area contributed by atoms with E-state index in [0.29, 0.717) is 5.75 Å². The Morgan fingerprint density at radius 1 is 1.10 bits per heavy atom. The van der Waals surface area contributed by atoms with Crippen LogP contribution < -0.4 is 4.74 Å². The molecule has 2 aromatic carbocycles. The zero-order chi connectivity index (χ0) is 15.7. The van der Waals surface area contributed by atoms with Gasteiger partial charge in [-0.1, -0.05) is 17.7 Å². The SMILES string of the molecule is COc1c(C(=O)c2cc(F)c(Cl)cc2F)ccc(C)c1C. The first kappa shape index (κ1) is 15.4. The van der Waals surface area contributed by atoms with Crippen molar-refractivity contribution < 1.29 is 18.3 Å². The highest BCUT2D eigenvalue weighted by Crippen LogP contribution is 2.30. The van der Waals surface area contributed by atoms with E-state index in [4.69, 9.17) is 16.3 Å². The third-order valence-corrected chi connectivity index (χ3v) is 3.67. The summed E-state index contributed by atoms with van der Waals surface area (Å²) in [6, 6.07) is 4.86. The van der Waals surface area contributed by atoms with E-state index in [1.54, 1.807) is 13.0 Å². The van der Waals surface area contributed by atoms with Gasteiger partial charge in [-0.2, -0.15) is 0 Å². The van der Waals surface area contributed by atoms with Gasteiger partial charge in [0.25, 0.3) is 0 Å². The first-order valence-corrected chi connectivity index (χ1v) is 6.58. The van der Waals surface area contributed by atoms with Crippen LogP contribution in [0.3, 0.4) is 0 Å². The summed E-state index contributed by atoms with van der Waals surface area (Å²) in [5.74, 6) is -2.01. The van der Waals surface area contributed by atoms with Gasteiger partial charge in [0, 0.05) is 0 Å². The lowest BCUT2D eigenvalue weighted by Gasteiger charge is -2.13. The van der Waals surface area contributed by atoms with Crippen LogP contribution in [0.4, 0.5) is 8.78 Å². The normalized spacial score (nSPS) is 10.6. The van der Waals surface area contributed by atoms with Gasteiger partial charge in [0.15, 0.2) is 5.78 Å². The van der Waals surface area contributed by atoms with E-state index in [2.05, 4.69) is 0 Å². The Hall–Kier alpha value is -1.94. The Labute approximate surface area is 126 Å². The zero-order valence-electron chi connectivity index (χ0n) is 11.8. The molecule has 110 valence electrons. The molecule has 0 amide bonds. The second-order valence-electron chi connectivity index (χ2n) is 4.66. The van der Waals surface area contributed by atoms with Crippen LogP contribution in [0, 0.1) is 25.5 Å². The lowest BCUT2D eigenvalue weighted by Crippen LogP contribution is -2.08. The molecule has 0 radical (unpaired) electrons. The highest BCUT2D eigenvalue weighted by atomic mass is 35.5. The van der Waals surface area contributed by atoms with E-state index in [9.17, 15) is 13.6 Å². The lowest BCUT2D eigenvalue weighted by molar-refractivity contribution is 0.103. The van der Waals surface area contributed by atoms with Crippen molar-refractivity contribution in [2.75, 3.05) is 7.11 Å². The molecule has 0 fully saturated rings. The minimum Gasteiger partial charge on any atom is -0.496 e. The number of aryl methyl sites for hydroxylation is 1. The quantitative estimate of drug-likeness (QED) is 0.617. The van der Waals surface area contributed by atoms with E-state index in [1.807, 2.05) is 6.92 Å². The number of ketones is 1. The standard InChI is InChI=1S/C16H13ClF2O2/c1-8-4-5-10(16(21-3)9(8)2)15(20)11-6-14(19)12(17)7-13(11)18/h4-7H,1-3H3. The van der Waals surface area contributed by atoms with Crippen LogP contribution in [0.2, 0.25) is 5.02 Å². The van der Waals surface area contributed by atoms with Crippen molar-refractivity contribution >= 4 is 17.4 Å². The molecule has 0 saturated carbocycles. The van der Waals surface area contributed by atoms with Crippen LogP contribution >= 0.6 is 11.6 Å². The summed E-state index contributed by atoms with van der Waals surface area (Å²) in [6.45, 7) is 3.67. The monoisotopic (exact) mass is 310 g/mol. The smallest absolute Gasteiger partial charge is 0.199 e. The molecule has 0 N–H and O–H groups in total. The van der Waals surface area contributed by atoms with Crippen LogP contribution in [-0.2, 0) is 0 Å². The molecule has 2 nitrogen and oxygen atoms in total. The average molecular weight is 311 g/mol. The summed E-state index contributed by atoms with van der Waals surface area (Å²) >= 11 is 5.49. The molecule has 0 aliphatic heterocycles. The molecule has 21 heavy (non-hydrogen) atoms. The average Bonchev–Trinajstić information content (AvgIpc) is 2.45. The number of hydrogen-bond acceptors (Lipinski definition) is 2. The maximum absolute atomic E-state index is 13.9. The van der Waals surface area contributed by atoms with E-state index < -0.39 is 17.4 Å². The molecule has 2 aromatic rings. The first-order valence-electron chi connectivity index (χ1n) is 6.20. The largest absolute Gasteiger partial charge is 0.496 e. The van der Waals surface area contributed by atoms with Crippen molar-refractivity contribution in [3.63, 3.8) is 0 Å². The van der Waals surface area contributed by atoms with Crippen molar-refractivity contribution in [3.05, 3.63) is 63.2 Å². The fourth-order valence-electron chi connectivity index (χ4n) is 2.07. The number of carbonyl (C=O) groups excluding carboxylic acids is 1. The molecule has 0 aliphatic carbocycles. The molecular formula is C16H13ClF2O2. The third kappa shape index (κ3) is 2.76. The fourth-order valence-corrected chi connectivity index (χ4v) is 2.22. The summed E-state index contributed by atoms with van der Waals surface area (Å²) in [5.41, 5.74) is 1.52. The summed E-state index contributed by atoms with van der Waals surface area (Å²) in [4.78, 5) is 12.4. The van der Waals surface area contributed by atoms with E-state index in [1.165, 1.54) is 13.2 Å². The molecule has 5 heteroatoms. The molecule has 0 unspecified atom stereocenters. The van der Waals surface area contributed by atoms with Gasteiger partial charge in [0.2, 0.25) is 0 Å². The van der Waals surface area contributed by atoms with Crippen LogP contribution in [0.5, 0.6) is 5.75 Å². The molecule has 0 aliphatic rings. The van der Waals surface area contributed by atoms with Gasteiger partial charge in [0.05, 0.1) is 23.3 Å². The highest BCUT2D eigenvalue weighted by molar-refractivity contribution is 6.31. The zero-order valence-corrected chi connectivity index (χ0v) is 12.5. The van der Waals surface area contributed by atoms with Gasteiger partial charge in [-0.3, -0.25) is 4.79 Å². The summed E-state index contributed by atoms with van der Waals surface area (Å²) in [6.07, 6.45) is 0. The maximum Gasteiger partial charge on any atom is 0.199 e. The first-order chi connectivity index (χ1) is 9.86. The van der Waals surface area contributed by atoms with E-state index in [-0.39, 0.29) is 16.1 Å². The topological polar surface area (TPSA) is 26.3 Å². The molecule has 0 bridgehead atoms. The number of rotatable bonds is 3. The Balaban J connectivity index is 2.61. The summed E-state index contributed by atoms with van der Waals surface area (Å²) < 4.78 is 32.6. The maximum atomic E-state index is 13.9. The van der Waals surface area contributed by atoms with Crippen LogP contribution in [0.1, 0.15) is 27.0 Å². The molecular weight excluding hydrogens is 298 g/mol. The number of methoxy groups -OCH3 is 1. The Kier molecular flexibility index (Phi) is 4.28. The molecule has 2 rings (SSSR count). The van der Waals surface area contributed by atoms with Gasteiger partial charge in [-0.25, -0.2) is 8.78 Å². The number of halogens is 3. The van der Waals surface area contributed by atoms with Gasteiger partial charge >= 0.3 is 0 Å². The van der Waals surface area contributed by atoms with Crippen molar-refractivity contribution in [3.8, 4) is 5.75 Å². The van der Waals surface area contributed by atoms with E-state index >= 15 is 0 Å². The second-order valence-corrected chi connectivity index (χ2v) is 5.07. The van der Waals surface area contributed by atoms with Crippen LogP contribution in [0.15, 0.2) is 24.3 Å². The Bertz CT molecular complexity index is 727. The van der Waals surface area contributed by atoms with Crippen molar-refractivity contribution in [2.45, 2.75) is 13.8 Å². The summed E-state index contributed by atoms with van der Waals surface area (Å²) in [5, 5.41) is -0.365. The Morgan fingerprint density at radius 3 is 2.38 bits per heavy atom. The van der Waals surface area contributed by atoms with Gasteiger partial charge in [0.1, 0.15) is 17.4 Å². The van der Waals surface area contributed by atoms with Gasteiger partial charge in [-0.15, -0.1) is 0 Å². The Morgan fingerprint density at radius 2 is 1.76 bits per heavy atom. The molecule has 0 spiro atoms. The van der Waals surface area contributed by atoms with Gasteiger partial charge < -0.3 is 4.74 Å². The highest BCUT2D eigenvalue weighted by Gasteiger charge is 2.21. The number of hydrogen-bond donors (Lipinski definition) is 0. The predicted molar refractivity (Wildman–Crippen MR) is 77.3 cm³/mol. The number of benzene rings is 2. The molecule has 0 aromatic heterocycles. The molecule has 0 saturated heterocycles. The minimum absolute atomic E-state index is 0.182. The van der Waals surface area contributed by atoms with E-state index in [0.717, 1.165) is 23.3 Å². The van der Waals surface area contributed by atoms with Crippen molar-refractivity contribution in [2.24, 2.45) is 0 Å². The minimum atomic E-state index is -0.869. The predicted octanol–water partition coefficient (Wildman–Crippen LogP) is 4.47. The van der Waals surface area contributed by atoms with Crippen LogP contribution in [-0.4, -0.2) is 12.9 Å². The molecule has 0 atom stereocenters. The van der Waals surface area contributed by atoms with Crippen molar-refractivity contribution in [1.82, 2.24) is 0 Å². The molecule has 0 heterocycles. The van der Waals surface area contributed by atoms with Gasteiger partial charge in [-0.05, 0) is 43.2 Å². The number of carbonyl (C=O) groups is 1. The van der Waals surface area contributed by atoms with Crippen LogP contribution in [0.25, 0.3) is 0 Å². The third-order valence-electron chi connectivity index (χ3n) is 3.38. The fraction of sp³-hybridized carbons (Fsp3) is 0.188.